The Labute approximate surface area is 130 Å². The van der Waals surface area contributed by atoms with Gasteiger partial charge in [0.15, 0.2) is 0 Å². The number of amides is 1. The average molecular weight is 344 g/mol. The Morgan fingerprint density at radius 3 is 2.17 bits per heavy atom. The summed E-state index contributed by atoms with van der Waals surface area (Å²) >= 11 is 0. The van der Waals surface area contributed by atoms with E-state index in [1.807, 2.05) is 0 Å². The van der Waals surface area contributed by atoms with E-state index in [-0.39, 0.29) is 16.1 Å². The van der Waals surface area contributed by atoms with Crippen LogP contribution in [0.3, 0.4) is 0 Å². The molecule has 122 valence electrons. The van der Waals surface area contributed by atoms with Crippen molar-refractivity contribution in [1.29, 1.82) is 0 Å². The van der Waals surface area contributed by atoms with E-state index in [4.69, 9.17) is 5.73 Å². The maximum absolute atomic E-state index is 12.6. The number of rotatable bonds is 4. The Hall–Kier alpha value is -2.55. The molecule has 0 aliphatic rings. The van der Waals surface area contributed by atoms with Crippen molar-refractivity contribution in [3.05, 3.63) is 59.7 Å². The largest absolute Gasteiger partial charge is 0.416 e. The standard InChI is InChI=1S/C14H11F3N2O3S/c15-14(16,17)10-2-1-3-11(8-10)19-23(21,22)12-6-4-9(5-7-12)13(18)20/h1-8,19H,(H2,18,20). The number of carbonyl (C=O) groups is 1. The van der Waals surface area contributed by atoms with Gasteiger partial charge in [-0.1, -0.05) is 6.07 Å². The summed E-state index contributed by atoms with van der Waals surface area (Å²) in [6.45, 7) is 0. The molecule has 1 amide bonds. The number of hydrogen-bond acceptors (Lipinski definition) is 3. The molecule has 0 unspecified atom stereocenters. The van der Waals surface area contributed by atoms with Crippen molar-refractivity contribution in [3.8, 4) is 0 Å². The molecule has 0 heterocycles. The molecule has 5 nitrogen and oxygen atoms in total. The van der Waals surface area contributed by atoms with E-state index in [0.29, 0.717) is 6.07 Å². The zero-order valence-electron chi connectivity index (χ0n) is 11.5. The Morgan fingerprint density at radius 1 is 1.04 bits per heavy atom. The predicted octanol–water partition coefficient (Wildman–Crippen LogP) is 2.61. The van der Waals surface area contributed by atoms with E-state index in [0.717, 1.165) is 24.3 Å². The second kappa shape index (κ2) is 5.92. The maximum Gasteiger partial charge on any atom is 0.416 e. The molecule has 0 spiro atoms. The third kappa shape index (κ3) is 4.01. The van der Waals surface area contributed by atoms with Gasteiger partial charge in [-0.15, -0.1) is 0 Å². The molecular weight excluding hydrogens is 333 g/mol. The van der Waals surface area contributed by atoms with Gasteiger partial charge in [0.05, 0.1) is 10.5 Å². The van der Waals surface area contributed by atoms with E-state index in [1.54, 1.807) is 0 Å². The van der Waals surface area contributed by atoms with Gasteiger partial charge in [0.2, 0.25) is 5.91 Å². The second-order valence-electron chi connectivity index (χ2n) is 4.57. The van der Waals surface area contributed by atoms with Gasteiger partial charge in [-0.2, -0.15) is 13.2 Å². The van der Waals surface area contributed by atoms with Crippen molar-refractivity contribution < 1.29 is 26.4 Å². The molecule has 0 aliphatic carbocycles. The normalized spacial score (nSPS) is 12.0. The number of alkyl halides is 3. The molecule has 0 saturated carbocycles. The number of hydrogen-bond donors (Lipinski definition) is 2. The van der Waals surface area contributed by atoms with Gasteiger partial charge < -0.3 is 5.73 Å². The number of nitrogens with two attached hydrogens (primary N) is 1. The van der Waals surface area contributed by atoms with Crippen LogP contribution in [0, 0.1) is 0 Å². The number of halogens is 3. The highest BCUT2D eigenvalue weighted by atomic mass is 32.2. The zero-order chi connectivity index (χ0) is 17.3. The molecule has 2 aromatic rings. The van der Waals surface area contributed by atoms with Gasteiger partial charge in [-0.05, 0) is 42.5 Å². The maximum atomic E-state index is 12.6. The van der Waals surface area contributed by atoms with Crippen molar-refractivity contribution in [2.24, 2.45) is 5.73 Å². The molecule has 0 radical (unpaired) electrons. The summed E-state index contributed by atoms with van der Waals surface area (Å²) in [4.78, 5) is 10.7. The Kier molecular flexibility index (Phi) is 4.33. The van der Waals surface area contributed by atoms with Crippen LogP contribution in [-0.4, -0.2) is 14.3 Å². The van der Waals surface area contributed by atoms with Crippen molar-refractivity contribution in [2.45, 2.75) is 11.1 Å². The van der Waals surface area contributed by atoms with Crippen LogP contribution < -0.4 is 10.5 Å². The van der Waals surface area contributed by atoms with Crippen LogP contribution in [0.1, 0.15) is 15.9 Å². The van der Waals surface area contributed by atoms with Crippen LogP contribution in [0.4, 0.5) is 18.9 Å². The summed E-state index contributed by atoms with van der Waals surface area (Å²) in [6.07, 6.45) is -4.58. The highest BCUT2D eigenvalue weighted by Gasteiger charge is 2.30. The molecule has 2 aromatic carbocycles. The fourth-order valence-corrected chi connectivity index (χ4v) is 2.82. The fourth-order valence-electron chi connectivity index (χ4n) is 1.77. The van der Waals surface area contributed by atoms with Crippen LogP contribution in [0.5, 0.6) is 0 Å². The molecule has 0 bridgehead atoms. The SMILES string of the molecule is NC(=O)c1ccc(S(=O)(=O)Nc2cccc(C(F)(F)F)c2)cc1. The number of primary amides is 1. The number of carbonyl (C=O) groups excluding carboxylic acids is 1. The molecule has 0 fully saturated rings. The van der Waals surface area contributed by atoms with Gasteiger partial charge >= 0.3 is 6.18 Å². The van der Waals surface area contributed by atoms with E-state index < -0.39 is 27.7 Å². The quantitative estimate of drug-likeness (QED) is 0.893. The summed E-state index contributed by atoms with van der Waals surface area (Å²) in [5.74, 6) is -0.722. The minimum Gasteiger partial charge on any atom is -0.366 e. The van der Waals surface area contributed by atoms with Crippen LogP contribution >= 0.6 is 0 Å². The first kappa shape index (κ1) is 16.8. The number of nitrogens with one attached hydrogen (secondary N) is 1. The van der Waals surface area contributed by atoms with Crippen LogP contribution in [0.15, 0.2) is 53.4 Å². The molecule has 3 N–H and O–H groups in total. The first-order chi connectivity index (χ1) is 10.6. The highest BCUT2D eigenvalue weighted by molar-refractivity contribution is 7.92. The van der Waals surface area contributed by atoms with Crippen molar-refractivity contribution in [1.82, 2.24) is 0 Å². The molecule has 2 rings (SSSR count). The highest BCUT2D eigenvalue weighted by Crippen LogP contribution is 2.31. The van der Waals surface area contributed by atoms with Gasteiger partial charge in [0.1, 0.15) is 0 Å². The summed E-state index contributed by atoms with van der Waals surface area (Å²) in [7, 11) is -4.09. The fraction of sp³-hybridized carbons (Fsp3) is 0.0714. The summed E-state index contributed by atoms with van der Waals surface area (Å²) in [5, 5.41) is 0. The Morgan fingerprint density at radius 2 is 1.65 bits per heavy atom. The van der Waals surface area contributed by atoms with E-state index in [1.165, 1.54) is 18.2 Å². The number of benzene rings is 2. The summed E-state index contributed by atoms with van der Waals surface area (Å²) < 4.78 is 64.2. The van der Waals surface area contributed by atoms with Crippen LogP contribution in [-0.2, 0) is 16.2 Å². The third-order valence-corrected chi connectivity index (χ3v) is 4.29. The lowest BCUT2D eigenvalue weighted by atomic mass is 10.2. The Balaban J connectivity index is 2.29. The topological polar surface area (TPSA) is 89.3 Å². The molecule has 0 aromatic heterocycles. The van der Waals surface area contributed by atoms with Crippen LogP contribution in [0.25, 0.3) is 0 Å². The minimum absolute atomic E-state index is 0.114. The first-order valence-corrected chi connectivity index (χ1v) is 7.68. The molecular formula is C14H11F3N2O3S. The van der Waals surface area contributed by atoms with Gasteiger partial charge in [0, 0.05) is 11.3 Å². The van der Waals surface area contributed by atoms with E-state index >= 15 is 0 Å². The summed E-state index contributed by atoms with van der Waals surface area (Å²) in [6, 6.07) is 8.51. The number of sulfonamides is 1. The van der Waals surface area contributed by atoms with Gasteiger partial charge in [-0.3, -0.25) is 9.52 Å². The van der Waals surface area contributed by atoms with Crippen molar-refractivity contribution >= 4 is 21.6 Å². The molecule has 0 atom stereocenters. The Bertz CT molecular complexity index is 831. The van der Waals surface area contributed by atoms with Crippen molar-refractivity contribution in [2.75, 3.05) is 4.72 Å². The van der Waals surface area contributed by atoms with Gasteiger partial charge in [0.25, 0.3) is 10.0 Å². The zero-order valence-corrected chi connectivity index (χ0v) is 12.3. The predicted molar refractivity (Wildman–Crippen MR) is 77.2 cm³/mol. The van der Waals surface area contributed by atoms with E-state index in [9.17, 15) is 26.4 Å². The summed E-state index contributed by atoms with van der Waals surface area (Å²) in [5.41, 5.74) is 3.96. The molecule has 0 saturated heterocycles. The second-order valence-corrected chi connectivity index (χ2v) is 6.26. The van der Waals surface area contributed by atoms with Crippen LogP contribution in [0.2, 0.25) is 0 Å². The average Bonchev–Trinajstić information content (AvgIpc) is 2.46. The van der Waals surface area contributed by atoms with Crippen molar-refractivity contribution in [3.63, 3.8) is 0 Å². The lowest BCUT2D eigenvalue weighted by Gasteiger charge is -2.11. The number of anilines is 1. The minimum atomic E-state index is -4.58. The van der Waals surface area contributed by atoms with E-state index in [2.05, 4.69) is 4.72 Å². The smallest absolute Gasteiger partial charge is 0.366 e. The molecule has 23 heavy (non-hydrogen) atoms. The monoisotopic (exact) mass is 344 g/mol. The first-order valence-electron chi connectivity index (χ1n) is 6.19. The van der Waals surface area contributed by atoms with Gasteiger partial charge in [-0.25, -0.2) is 8.42 Å². The molecule has 0 aliphatic heterocycles. The lowest BCUT2D eigenvalue weighted by Crippen LogP contribution is -2.15. The third-order valence-electron chi connectivity index (χ3n) is 2.89. The molecule has 9 heteroatoms. The lowest BCUT2D eigenvalue weighted by molar-refractivity contribution is -0.137.